The van der Waals surface area contributed by atoms with Gasteiger partial charge >= 0.3 is 11.9 Å². The van der Waals surface area contributed by atoms with Crippen molar-refractivity contribution in [3.8, 4) is 0 Å². The van der Waals surface area contributed by atoms with Gasteiger partial charge in [0.25, 0.3) is 5.79 Å². The van der Waals surface area contributed by atoms with Crippen molar-refractivity contribution in [3.05, 3.63) is 30.1 Å². The minimum atomic E-state index is -1.21. The maximum absolute atomic E-state index is 11.8. The molecule has 0 spiro atoms. The summed E-state index contributed by atoms with van der Waals surface area (Å²) in [5.74, 6) is -3.37. The van der Waals surface area contributed by atoms with Crippen LogP contribution < -0.4 is 4.57 Å². The molecule has 0 atom stereocenters. The molecule has 102 valence electrons. The number of aromatic nitrogens is 1. The SMILES string of the molecule is CC1(C)OC(=O)C(C[n+]2cccc(CO)c2)C(=O)O1. The molecule has 6 nitrogen and oxygen atoms in total. The Bertz CT molecular complexity index is 492. The van der Waals surface area contributed by atoms with Crippen LogP contribution in [-0.4, -0.2) is 22.8 Å². The van der Waals surface area contributed by atoms with Crippen molar-refractivity contribution in [3.63, 3.8) is 0 Å². The van der Waals surface area contributed by atoms with Gasteiger partial charge in [0.15, 0.2) is 18.9 Å². The summed E-state index contributed by atoms with van der Waals surface area (Å²) in [6, 6.07) is 3.48. The zero-order valence-corrected chi connectivity index (χ0v) is 10.8. The van der Waals surface area contributed by atoms with E-state index in [2.05, 4.69) is 0 Å². The van der Waals surface area contributed by atoms with Crippen LogP contribution in [0.25, 0.3) is 0 Å². The molecule has 1 aromatic rings. The van der Waals surface area contributed by atoms with Gasteiger partial charge in [-0.1, -0.05) is 0 Å². The topological polar surface area (TPSA) is 76.7 Å². The number of pyridine rings is 1. The van der Waals surface area contributed by atoms with Gasteiger partial charge in [-0.2, -0.15) is 0 Å². The van der Waals surface area contributed by atoms with Gasteiger partial charge in [0, 0.05) is 25.5 Å². The van der Waals surface area contributed by atoms with Crippen LogP contribution in [0.1, 0.15) is 19.4 Å². The smallest absolute Gasteiger partial charge is 0.330 e. The zero-order chi connectivity index (χ0) is 14.0. The summed E-state index contributed by atoms with van der Waals surface area (Å²) < 4.78 is 11.7. The van der Waals surface area contributed by atoms with E-state index in [1.54, 1.807) is 29.1 Å². The number of esters is 2. The molecule has 1 saturated heterocycles. The number of ether oxygens (including phenoxy) is 2. The van der Waals surface area contributed by atoms with Crippen molar-refractivity contribution >= 4 is 11.9 Å². The molecule has 1 N–H and O–H groups in total. The van der Waals surface area contributed by atoms with Crippen LogP contribution in [0.3, 0.4) is 0 Å². The average molecular weight is 266 g/mol. The molecule has 0 bridgehead atoms. The van der Waals surface area contributed by atoms with Gasteiger partial charge in [-0.15, -0.1) is 0 Å². The monoisotopic (exact) mass is 266 g/mol. The molecule has 2 heterocycles. The number of cyclic esters (lactones) is 2. The van der Waals surface area contributed by atoms with E-state index in [-0.39, 0.29) is 13.2 Å². The summed E-state index contributed by atoms with van der Waals surface area (Å²) in [4.78, 5) is 23.6. The molecular weight excluding hydrogens is 250 g/mol. The second-order valence-corrected chi connectivity index (χ2v) is 4.86. The standard InChI is InChI=1S/C13H16NO5/c1-13(2)18-11(16)10(12(17)19-13)7-14-5-3-4-9(6-14)8-15/h3-6,10,15H,7-8H2,1-2H3/q+1. The van der Waals surface area contributed by atoms with Crippen LogP contribution in [0.15, 0.2) is 24.5 Å². The number of carbonyl (C=O) groups excluding carboxylic acids is 2. The molecular formula is C13H16NO5+. The maximum Gasteiger partial charge on any atom is 0.330 e. The summed E-state index contributed by atoms with van der Waals surface area (Å²) in [5.41, 5.74) is 0.695. The van der Waals surface area contributed by atoms with E-state index in [1.807, 2.05) is 0 Å². The number of nitrogens with zero attached hydrogens (tertiary/aromatic N) is 1. The summed E-state index contributed by atoms with van der Waals surface area (Å²) in [7, 11) is 0. The van der Waals surface area contributed by atoms with E-state index >= 15 is 0 Å². The molecule has 1 fully saturated rings. The highest BCUT2D eigenvalue weighted by atomic mass is 16.7. The number of rotatable bonds is 3. The Morgan fingerprint density at radius 2 is 1.95 bits per heavy atom. The minimum Gasteiger partial charge on any atom is -0.422 e. The molecule has 2 rings (SSSR count). The third-order valence-corrected chi connectivity index (χ3v) is 2.76. The number of aliphatic hydroxyl groups excluding tert-OH is 1. The molecule has 19 heavy (non-hydrogen) atoms. The third kappa shape index (κ3) is 3.08. The van der Waals surface area contributed by atoms with Gasteiger partial charge in [0.1, 0.15) is 0 Å². The van der Waals surface area contributed by atoms with Crippen molar-refractivity contribution < 1.29 is 28.7 Å². The van der Waals surface area contributed by atoms with Crippen molar-refractivity contribution in [2.45, 2.75) is 32.8 Å². The average Bonchev–Trinajstić information content (AvgIpc) is 2.33. The lowest BCUT2D eigenvalue weighted by Gasteiger charge is -2.31. The van der Waals surface area contributed by atoms with Crippen molar-refractivity contribution in [1.29, 1.82) is 0 Å². The number of hydrogen-bond acceptors (Lipinski definition) is 5. The highest BCUT2D eigenvalue weighted by Gasteiger charge is 2.45. The molecule has 1 aliphatic rings. The first-order chi connectivity index (χ1) is 8.91. The van der Waals surface area contributed by atoms with Gasteiger partial charge in [0.2, 0.25) is 5.92 Å². The summed E-state index contributed by atoms with van der Waals surface area (Å²) >= 11 is 0. The Morgan fingerprint density at radius 1 is 1.32 bits per heavy atom. The fraction of sp³-hybridized carbons (Fsp3) is 0.462. The van der Waals surface area contributed by atoms with E-state index in [0.717, 1.165) is 0 Å². The molecule has 0 amide bonds. The molecule has 1 aromatic heterocycles. The molecule has 1 aliphatic heterocycles. The predicted octanol–water partition coefficient (Wildman–Crippen LogP) is -0.0813. The summed E-state index contributed by atoms with van der Waals surface area (Å²) in [6.07, 6.45) is 3.37. The highest BCUT2D eigenvalue weighted by Crippen LogP contribution is 2.23. The molecule has 0 radical (unpaired) electrons. The van der Waals surface area contributed by atoms with Gasteiger partial charge in [-0.05, 0) is 6.07 Å². The van der Waals surface area contributed by atoms with Crippen molar-refractivity contribution in [1.82, 2.24) is 0 Å². The lowest BCUT2D eigenvalue weighted by Crippen LogP contribution is -2.51. The van der Waals surface area contributed by atoms with E-state index in [0.29, 0.717) is 5.56 Å². The first-order valence-electron chi connectivity index (χ1n) is 5.96. The largest absolute Gasteiger partial charge is 0.422 e. The molecule has 6 heteroatoms. The van der Waals surface area contributed by atoms with Crippen LogP contribution in [0.5, 0.6) is 0 Å². The number of aliphatic hydroxyl groups is 1. The first kappa shape index (κ1) is 13.5. The van der Waals surface area contributed by atoms with Gasteiger partial charge < -0.3 is 14.6 Å². The Balaban J connectivity index is 2.14. The summed E-state index contributed by atoms with van der Waals surface area (Å²) in [6.45, 7) is 3.05. The third-order valence-electron chi connectivity index (χ3n) is 2.76. The van der Waals surface area contributed by atoms with E-state index < -0.39 is 23.6 Å². The van der Waals surface area contributed by atoms with Gasteiger partial charge in [0.05, 0.1) is 6.61 Å². The quantitative estimate of drug-likeness (QED) is 0.470. The first-order valence-corrected chi connectivity index (χ1v) is 5.96. The van der Waals surface area contributed by atoms with Crippen molar-refractivity contribution in [2.75, 3.05) is 0 Å². The maximum atomic E-state index is 11.8. The minimum absolute atomic E-state index is 0.104. The van der Waals surface area contributed by atoms with E-state index in [4.69, 9.17) is 14.6 Å². The van der Waals surface area contributed by atoms with Gasteiger partial charge in [-0.3, -0.25) is 9.59 Å². The Hall–Kier alpha value is -1.95. The normalized spacial score (nSPS) is 18.9. The lowest BCUT2D eigenvalue weighted by atomic mass is 10.1. The predicted molar refractivity (Wildman–Crippen MR) is 62.3 cm³/mol. The van der Waals surface area contributed by atoms with E-state index in [1.165, 1.54) is 13.8 Å². The second kappa shape index (κ2) is 4.97. The number of carbonyl (C=O) groups is 2. The highest BCUT2D eigenvalue weighted by molar-refractivity contribution is 5.96. The van der Waals surface area contributed by atoms with Crippen LogP contribution >= 0.6 is 0 Å². The molecule has 0 saturated carbocycles. The zero-order valence-electron chi connectivity index (χ0n) is 10.8. The fourth-order valence-corrected chi connectivity index (χ4v) is 1.89. The van der Waals surface area contributed by atoms with Crippen molar-refractivity contribution in [2.24, 2.45) is 5.92 Å². The number of hydrogen-bond donors (Lipinski definition) is 1. The second-order valence-electron chi connectivity index (χ2n) is 4.86. The Labute approximate surface area is 110 Å². The van der Waals surface area contributed by atoms with Gasteiger partial charge in [-0.25, -0.2) is 4.57 Å². The molecule has 0 aliphatic carbocycles. The van der Waals surface area contributed by atoms with Crippen LogP contribution in [0.2, 0.25) is 0 Å². The summed E-state index contributed by atoms with van der Waals surface area (Å²) in [5, 5.41) is 9.04. The van der Waals surface area contributed by atoms with Crippen LogP contribution in [0.4, 0.5) is 0 Å². The lowest BCUT2D eigenvalue weighted by molar-refractivity contribution is -0.700. The fourth-order valence-electron chi connectivity index (χ4n) is 1.89. The molecule has 0 aromatic carbocycles. The Kier molecular flexibility index (Phi) is 3.53. The van der Waals surface area contributed by atoms with E-state index in [9.17, 15) is 9.59 Å². The van der Waals surface area contributed by atoms with Crippen LogP contribution in [0, 0.1) is 5.92 Å². The Morgan fingerprint density at radius 3 is 2.53 bits per heavy atom. The van der Waals surface area contributed by atoms with Crippen LogP contribution in [-0.2, 0) is 32.2 Å². The molecule has 0 unspecified atom stereocenters.